The monoisotopic (exact) mass is 364 g/mol. The summed E-state index contributed by atoms with van der Waals surface area (Å²) in [4.78, 5) is 16.4. The SMILES string of the molecule is CCCCCCCCc1cc2nc(=O)n([C@H]3C[C@H](O)[C@@H](CO)O3)cc2o1. The summed E-state index contributed by atoms with van der Waals surface area (Å²) >= 11 is 0. The van der Waals surface area contributed by atoms with Crippen LogP contribution >= 0.6 is 0 Å². The Morgan fingerprint density at radius 3 is 2.77 bits per heavy atom. The molecule has 0 radical (unpaired) electrons. The summed E-state index contributed by atoms with van der Waals surface area (Å²) in [6.07, 6.45) is 7.83. The largest absolute Gasteiger partial charge is 0.458 e. The molecule has 3 heterocycles. The fourth-order valence-corrected chi connectivity index (χ4v) is 3.43. The molecule has 0 aliphatic carbocycles. The number of fused-ring (bicyclic) bond motifs is 1. The maximum Gasteiger partial charge on any atom is 0.350 e. The van der Waals surface area contributed by atoms with Crippen molar-refractivity contribution in [3.05, 3.63) is 28.5 Å². The van der Waals surface area contributed by atoms with Gasteiger partial charge in [0.25, 0.3) is 0 Å². The fraction of sp³-hybridized carbons (Fsp3) is 0.684. The first-order chi connectivity index (χ1) is 12.6. The van der Waals surface area contributed by atoms with E-state index >= 15 is 0 Å². The molecule has 1 saturated heterocycles. The lowest BCUT2D eigenvalue weighted by Gasteiger charge is -2.13. The molecule has 0 aromatic carbocycles. The number of ether oxygens (including phenoxy) is 1. The van der Waals surface area contributed by atoms with Crippen LogP contribution in [0.25, 0.3) is 11.1 Å². The molecule has 0 bridgehead atoms. The Bertz CT molecular complexity index is 769. The normalized spacial score (nSPS) is 23.1. The number of aromatic nitrogens is 2. The number of rotatable bonds is 9. The van der Waals surface area contributed by atoms with Crippen molar-refractivity contribution in [1.29, 1.82) is 0 Å². The zero-order valence-electron chi connectivity index (χ0n) is 15.3. The van der Waals surface area contributed by atoms with E-state index < -0.39 is 24.1 Å². The van der Waals surface area contributed by atoms with Gasteiger partial charge in [0.1, 0.15) is 23.6 Å². The highest BCUT2D eigenvalue weighted by Gasteiger charge is 2.35. The number of aryl methyl sites for hydroxylation is 1. The van der Waals surface area contributed by atoms with Crippen LogP contribution in [0.15, 0.2) is 21.5 Å². The maximum absolute atomic E-state index is 12.3. The van der Waals surface area contributed by atoms with Gasteiger partial charge in [-0.05, 0) is 6.42 Å². The molecule has 0 amide bonds. The van der Waals surface area contributed by atoms with Crippen LogP contribution in [0.1, 0.15) is 63.9 Å². The van der Waals surface area contributed by atoms with E-state index in [1.807, 2.05) is 6.07 Å². The molecule has 1 aliphatic heterocycles. The molecule has 0 spiro atoms. The minimum absolute atomic E-state index is 0.240. The molecule has 7 heteroatoms. The van der Waals surface area contributed by atoms with Gasteiger partial charge in [0.15, 0.2) is 5.58 Å². The first-order valence-electron chi connectivity index (χ1n) is 9.58. The van der Waals surface area contributed by atoms with Gasteiger partial charge in [0.2, 0.25) is 0 Å². The topological polar surface area (TPSA) is 97.7 Å². The van der Waals surface area contributed by atoms with Crippen LogP contribution in [0.4, 0.5) is 0 Å². The summed E-state index contributed by atoms with van der Waals surface area (Å²) in [5.41, 5.74) is 0.640. The lowest BCUT2D eigenvalue weighted by Crippen LogP contribution is -2.27. The molecular formula is C19H28N2O5. The molecule has 0 unspecified atom stereocenters. The zero-order chi connectivity index (χ0) is 18.5. The van der Waals surface area contributed by atoms with E-state index in [1.165, 1.54) is 36.7 Å². The summed E-state index contributed by atoms with van der Waals surface area (Å²) in [5.74, 6) is 0.834. The summed E-state index contributed by atoms with van der Waals surface area (Å²) in [6, 6.07) is 1.83. The van der Waals surface area contributed by atoms with Crippen LogP contribution in [0, 0.1) is 0 Å². The second-order valence-electron chi connectivity index (χ2n) is 7.03. The molecule has 2 aromatic heterocycles. The van der Waals surface area contributed by atoms with Crippen LogP contribution in [-0.4, -0.2) is 38.6 Å². The lowest BCUT2D eigenvalue weighted by molar-refractivity contribution is -0.0457. The number of hydrogen-bond acceptors (Lipinski definition) is 6. The van der Waals surface area contributed by atoms with Crippen molar-refractivity contribution in [2.24, 2.45) is 0 Å². The first-order valence-corrected chi connectivity index (χ1v) is 9.58. The number of furan rings is 1. The Hall–Kier alpha value is -1.70. The highest BCUT2D eigenvalue weighted by molar-refractivity contribution is 5.71. The van der Waals surface area contributed by atoms with Gasteiger partial charge in [-0.2, -0.15) is 4.98 Å². The van der Waals surface area contributed by atoms with E-state index in [4.69, 9.17) is 9.15 Å². The molecule has 2 N–H and O–H groups in total. The summed E-state index contributed by atoms with van der Waals surface area (Å²) in [6.45, 7) is 1.92. The first kappa shape index (κ1) is 19.1. The molecule has 144 valence electrons. The van der Waals surface area contributed by atoms with Gasteiger partial charge in [-0.1, -0.05) is 39.0 Å². The number of aliphatic hydroxyl groups is 2. The standard InChI is InChI=1S/C19H28N2O5/c1-2-3-4-5-6-7-8-13-9-14-16(25-13)11-21(19(24)20-14)18-10-15(23)17(12-22)26-18/h9,11,15,17-18,22-23H,2-8,10,12H2,1H3/t15-,17+,18+/m0/s1. The second kappa shape index (κ2) is 8.79. The molecule has 2 aromatic rings. The van der Waals surface area contributed by atoms with Crippen LogP contribution in [0.3, 0.4) is 0 Å². The van der Waals surface area contributed by atoms with Gasteiger partial charge in [-0.15, -0.1) is 0 Å². The quantitative estimate of drug-likeness (QED) is 0.664. The van der Waals surface area contributed by atoms with Crippen LogP contribution in [0.2, 0.25) is 0 Å². The highest BCUT2D eigenvalue weighted by Crippen LogP contribution is 2.28. The Kier molecular flexibility index (Phi) is 6.45. The summed E-state index contributed by atoms with van der Waals surface area (Å²) in [5, 5.41) is 19.0. The van der Waals surface area contributed by atoms with Crippen LogP contribution < -0.4 is 5.69 Å². The van der Waals surface area contributed by atoms with Gasteiger partial charge >= 0.3 is 5.69 Å². The maximum atomic E-state index is 12.3. The Morgan fingerprint density at radius 1 is 1.27 bits per heavy atom. The van der Waals surface area contributed by atoms with Gasteiger partial charge < -0.3 is 19.4 Å². The fourth-order valence-electron chi connectivity index (χ4n) is 3.43. The molecule has 26 heavy (non-hydrogen) atoms. The molecule has 7 nitrogen and oxygen atoms in total. The third-order valence-corrected chi connectivity index (χ3v) is 4.96. The predicted molar refractivity (Wildman–Crippen MR) is 97.0 cm³/mol. The lowest BCUT2D eigenvalue weighted by atomic mass is 10.1. The molecule has 3 atom stereocenters. The molecule has 1 aliphatic rings. The molecule has 1 fully saturated rings. The second-order valence-corrected chi connectivity index (χ2v) is 7.03. The predicted octanol–water partition coefficient (Wildman–Crippen LogP) is 2.53. The van der Waals surface area contributed by atoms with Gasteiger partial charge in [0.05, 0.1) is 18.9 Å². The van der Waals surface area contributed by atoms with Gasteiger partial charge in [-0.25, -0.2) is 4.79 Å². The number of aliphatic hydroxyl groups excluding tert-OH is 2. The van der Waals surface area contributed by atoms with Crippen molar-refractivity contribution in [1.82, 2.24) is 9.55 Å². The minimum atomic E-state index is -0.799. The van der Waals surface area contributed by atoms with E-state index in [0.717, 1.165) is 18.6 Å². The van der Waals surface area contributed by atoms with Crippen molar-refractivity contribution in [3.8, 4) is 0 Å². The van der Waals surface area contributed by atoms with Crippen LogP contribution in [-0.2, 0) is 11.2 Å². The van der Waals surface area contributed by atoms with E-state index in [-0.39, 0.29) is 13.0 Å². The van der Waals surface area contributed by atoms with Crippen molar-refractivity contribution >= 4 is 11.1 Å². The van der Waals surface area contributed by atoms with E-state index in [1.54, 1.807) is 6.20 Å². The number of hydrogen-bond donors (Lipinski definition) is 2. The van der Waals surface area contributed by atoms with Crippen molar-refractivity contribution in [2.75, 3.05) is 6.61 Å². The van der Waals surface area contributed by atoms with Crippen molar-refractivity contribution < 1.29 is 19.4 Å². The summed E-state index contributed by atoms with van der Waals surface area (Å²) in [7, 11) is 0. The van der Waals surface area contributed by atoms with Crippen molar-refractivity contribution in [3.63, 3.8) is 0 Å². The van der Waals surface area contributed by atoms with E-state index in [0.29, 0.717) is 11.1 Å². The smallest absolute Gasteiger partial charge is 0.350 e. The highest BCUT2D eigenvalue weighted by atomic mass is 16.5. The number of nitrogens with zero attached hydrogens (tertiary/aromatic N) is 2. The van der Waals surface area contributed by atoms with E-state index in [2.05, 4.69) is 11.9 Å². The minimum Gasteiger partial charge on any atom is -0.458 e. The third kappa shape index (κ3) is 4.34. The molecular weight excluding hydrogens is 336 g/mol. The van der Waals surface area contributed by atoms with E-state index in [9.17, 15) is 15.0 Å². The Morgan fingerprint density at radius 2 is 2.04 bits per heavy atom. The third-order valence-electron chi connectivity index (χ3n) is 4.96. The average Bonchev–Trinajstić information content (AvgIpc) is 3.19. The Labute approximate surface area is 152 Å². The molecule has 3 rings (SSSR count). The number of unbranched alkanes of at least 4 members (excludes halogenated alkanes) is 5. The average molecular weight is 364 g/mol. The molecule has 0 saturated carbocycles. The zero-order valence-corrected chi connectivity index (χ0v) is 15.3. The van der Waals surface area contributed by atoms with Crippen molar-refractivity contribution in [2.45, 2.75) is 76.7 Å². The van der Waals surface area contributed by atoms with Gasteiger partial charge in [0, 0.05) is 18.9 Å². The van der Waals surface area contributed by atoms with Crippen LogP contribution in [0.5, 0.6) is 0 Å². The summed E-state index contributed by atoms with van der Waals surface area (Å²) < 4.78 is 12.7. The van der Waals surface area contributed by atoms with Gasteiger partial charge in [-0.3, -0.25) is 4.57 Å². The Balaban J connectivity index is 1.66.